The summed E-state index contributed by atoms with van der Waals surface area (Å²) >= 11 is 1.41. The molecule has 1 aromatic heterocycles. The Labute approximate surface area is 169 Å². The number of nitrogens with zero attached hydrogens (tertiary/aromatic N) is 3. The summed E-state index contributed by atoms with van der Waals surface area (Å²) in [4.78, 5) is 41.1. The molecule has 0 spiro atoms. The van der Waals surface area contributed by atoms with Gasteiger partial charge in [0.2, 0.25) is 0 Å². The summed E-state index contributed by atoms with van der Waals surface area (Å²) in [6, 6.07) is 11.2. The third-order valence-electron chi connectivity index (χ3n) is 4.45. The molecule has 4 rings (SSSR count). The fraction of sp³-hybridized carbons (Fsp3) is 0.150. The van der Waals surface area contributed by atoms with Gasteiger partial charge in [0, 0.05) is 23.1 Å². The molecule has 146 valence electrons. The van der Waals surface area contributed by atoms with Gasteiger partial charge in [0.05, 0.1) is 34.9 Å². The van der Waals surface area contributed by atoms with Gasteiger partial charge < -0.3 is 4.74 Å². The van der Waals surface area contributed by atoms with E-state index in [-0.39, 0.29) is 23.4 Å². The van der Waals surface area contributed by atoms with E-state index in [9.17, 15) is 19.7 Å². The van der Waals surface area contributed by atoms with Crippen LogP contribution < -0.4 is 4.74 Å². The van der Waals surface area contributed by atoms with Crippen molar-refractivity contribution in [2.75, 3.05) is 6.61 Å². The van der Waals surface area contributed by atoms with E-state index in [4.69, 9.17) is 4.74 Å². The molecule has 0 saturated carbocycles. The number of nitro groups is 1. The molecule has 3 aromatic rings. The van der Waals surface area contributed by atoms with Crippen LogP contribution in [0.25, 0.3) is 10.6 Å². The predicted molar refractivity (Wildman–Crippen MR) is 106 cm³/mol. The maximum Gasteiger partial charge on any atom is 0.270 e. The summed E-state index contributed by atoms with van der Waals surface area (Å²) in [5.74, 6) is -0.256. The third-order valence-corrected chi connectivity index (χ3v) is 5.39. The first-order chi connectivity index (χ1) is 14.0. The molecule has 1 aliphatic heterocycles. The minimum absolute atomic E-state index is 0.00761. The SMILES string of the molecule is CCOc1ccc(-c2nc(CN3C(=O)c4ccc([N+](=O)[O-])cc4C3=O)cs2)cc1. The standard InChI is InChI=1S/C20H15N3O5S/c1-2-28-15-6-3-12(4-7-15)18-21-13(11-29-18)10-22-19(24)16-8-5-14(23(26)27)9-17(16)20(22)25/h3-9,11H,2,10H2,1H3. The Bertz CT molecular complexity index is 1120. The summed E-state index contributed by atoms with van der Waals surface area (Å²) in [5.41, 5.74) is 1.47. The molecule has 0 N–H and O–H groups in total. The number of nitro benzene ring substituents is 1. The van der Waals surface area contributed by atoms with Crippen LogP contribution >= 0.6 is 11.3 Å². The molecule has 0 aliphatic carbocycles. The number of amides is 2. The molecule has 29 heavy (non-hydrogen) atoms. The summed E-state index contributed by atoms with van der Waals surface area (Å²) < 4.78 is 5.43. The van der Waals surface area contributed by atoms with Gasteiger partial charge in [-0.05, 0) is 37.3 Å². The van der Waals surface area contributed by atoms with Gasteiger partial charge in [0.25, 0.3) is 17.5 Å². The molecule has 8 nitrogen and oxygen atoms in total. The average molecular weight is 409 g/mol. The molecule has 0 atom stereocenters. The molecule has 0 bridgehead atoms. The second-order valence-electron chi connectivity index (χ2n) is 6.28. The lowest BCUT2D eigenvalue weighted by molar-refractivity contribution is -0.384. The van der Waals surface area contributed by atoms with Crippen LogP contribution in [0.4, 0.5) is 5.69 Å². The van der Waals surface area contributed by atoms with Gasteiger partial charge in [-0.15, -0.1) is 11.3 Å². The predicted octanol–water partition coefficient (Wildman–Crippen LogP) is 3.91. The van der Waals surface area contributed by atoms with E-state index < -0.39 is 16.7 Å². The molecule has 0 radical (unpaired) electrons. The first-order valence-corrected chi connectivity index (χ1v) is 9.68. The van der Waals surface area contributed by atoms with Gasteiger partial charge in [-0.2, -0.15) is 0 Å². The number of rotatable bonds is 6. The number of ether oxygens (including phenoxy) is 1. The van der Waals surface area contributed by atoms with Crippen LogP contribution in [0.3, 0.4) is 0 Å². The highest BCUT2D eigenvalue weighted by Crippen LogP contribution is 2.30. The van der Waals surface area contributed by atoms with E-state index in [0.717, 1.165) is 27.3 Å². The normalized spacial score (nSPS) is 12.9. The monoisotopic (exact) mass is 409 g/mol. The Morgan fingerprint density at radius 3 is 2.52 bits per heavy atom. The van der Waals surface area contributed by atoms with Crippen molar-refractivity contribution >= 4 is 28.8 Å². The van der Waals surface area contributed by atoms with Gasteiger partial charge in [0.1, 0.15) is 10.8 Å². The van der Waals surface area contributed by atoms with E-state index in [0.29, 0.717) is 12.3 Å². The van der Waals surface area contributed by atoms with Crippen molar-refractivity contribution in [2.45, 2.75) is 13.5 Å². The van der Waals surface area contributed by atoms with Gasteiger partial charge in [-0.1, -0.05) is 0 Å². The number of carbonyl (C=O) groups is 2. The van der Waals surface area contributed by atoms with E-state index in [1.165, 1.54) is 23.5 Å². The van der Waals surface area contributed by atoms with E-state index >= 15 is 0 Å². The molecule has 9 heteroatoms. The van der Waals surface area contributed by atoms with Crippen molar-refractivity contribution in [1.82, 2.24) is 9.88 Å². The Morgan fingerprint density at radius 1 is 1.10 bits per heavy atom. The Morgan fingerprint density at radius 2 is 1.83 bits per heavy atom. The van der Waals surface area contributed by atoms with Crippen LogP contribution in [0.15, 0.2) is 47.8 Å². The highest BCUT2D eigenvalue weighted by molar-refractivity contribution is 7.13. The number of aromatic nitrogens is 1. The molecule has 0 saturated heterocycles. The number of fused-ring (bicyclic) bond motifs is 1. The molecule has 0 unspecified atom stereocenters. The second kappa shape index (κ2) is 7.44. The maximum absolute atomic E-state index is 12.6. The number of benzene rings is 2. The first kappa shape index (κ1) is 18.8. The summed E-state index contributed by atoms with van der Waals surface area (Å²) in [6.07, 6.45) is 0. The minimum atomic E-state index is -0.593. The van der Waals surface area contributed by atoms with Gasteiger partial charge >= 0.3 is 0 Å². The summed E-state index contributed by atoms with van der Waals surface area (Å²) in [5, 5.41) is 13.5. The first-order valence-electron chi connectivity index (χ1n) is 8.80. The Hall–Kier alpha value is -3.59. The number of hydrogen-bond donors (Lipinski definition) is 0. The number of thiazole rings is 1. The molecule has 0 fully saturated rings. The number of imide groups is 1. The van der Waals surface area contributed by atoms with Gasteiger partial charge in [-0.3, -0.25) is 24.6 Å². The zero-order valence-electron chi connectivity index (χ0n) is 15.3. The molecule has 2 aromatic carbocycles. The fourth-order valence-electron chi connectivity index (χ4n) is 3.07. The minimum Gasteiger partial charge on any atom is -0.494 e. The second-order valence-corrected chi connectivity index (χ2v) is 7.14. The Kier molecular flexibility index (Phi) is 4.81. The zero-order valence-corrected chi connectivity index (χ0v) is 16.1. The molecule has 2 amide bonds. The zero-order chi connectivity index (χ0) is 20.5. The van der Waals surface area contributed by atoms with Crippen molar-refractivity contribution in [3.05, 3.63) is 74.8 Å². The van der Waals surface area contributed by atoms with Crippen molar-refractivity contribution in [3.63, 3.8) is 0 Å². The van der Waals surface area contributed by atoms with Gasteiger partial charge in [0.15, 0.2) is 0 Å². The van der Waals surface area contributed by atoms with Crippen LogP contribution in [0.2, 0.25) is 0 Å². The number of hydrogen-bond acceptors (Lipinski definition) is 7. The van der Waals surface area contributed by atoms with Crippen molar-refractivity contribution in [3.8, 4) is 16.3 Å². The quantitative estimate of drug-likeness (QED) is 0.347. The topological polar surface area (TPSA) is 103 Å². The lowest BCUT2D eigenvalue weighted by atomic mass is 10.1. The Balaban J connectivity index is 1.53. The molecular weight excluding hydrogens is 394 g/mol. The fourth-order valence-corrected chi connectivity index (χ4v) is 3.89. The van der Waals surface area contributed by atoms with Crippen molar-refractivity contribution in [1.29, 1.82) is 0 Å². The maximum atomic E-state index is 12.6. The van der Waals surface area contributed by atoms with Crippen LogP contribution in [0.5, 0.6) is 5.75 Å². The lowest BCUT2D eigenvalue weighted by Gasteiger charge is -2.11. The average Bonchev–Trinajstić information content (AvgIpc) is 3.28. The van der Waals surface area contributed by atoms with Crippen molar-refractivity contribution in [2.24, 2.45) is 0 Å². The lowest BCUT2D eigenvalue weighted by Crippen LogP contribution is -2.29. The molecular formula is C20H15N3O5S. The van der Waals surface area contributed by atoms with Crippen LogP contribution in [0, 0.1) is 10.1 Å². The molecule has 1 aliphatic rings. The van der Waals surface area contributed by atoms with E-state index in [2.05, 4.69) is 4.98 Å². The van der Waals surface area contributed by atoms with Gasteiger partial charge in [-0.25, -0.2) is 4.98 Å². The summed E-state index contributed by atoms with van der Waals surface area (Å²) in [7, 11) is 0. The van der Waals surface area contributed by atoms with Crippen LogP contribution in [-0.4, -0.2) is 33.2 Å². The van der Waals surface area contributed by atoms with Crippen LogP contribution in [0.1, 0.15) is 33.3 Å². The van der Waals surface area contributed by atoms with E-state index in [1.807, 2.05) is 31.2 Å². The van der Waals surface area contributed by atoms with Crippen molar-refractivity contribution < 1.29 is 19.2 Å². The van der Waals surface area contributed by atoms with E-state index in [1.54, 1.807) is 5.38 Å². The third kappa shape index (κ3) is 3.47. The number of carbonyl (C=O) groups excluding carboxylic acids is 2. The molecule has 2 heterocycles. The highest BCUT2D eigenvalue weighted by atomic mass is 32.1. The number of non-ortho nitro benzene ring substituents is 1. The highest BCUT2D eigenvalue weighted by Gasteiger charge is 2.37. The largest absolute Gasteiger partial charge is 0.494 e. The smallest absolute Gasteiger partial charge is 0.270 e. The van der Waals surface area contributed by atoms with Crippen LogP contribution in [-0.2, 0) is 6.54 Å². The summed E-state index contributed by atoms with van der Waals surface area (Å²) in [6.45, 7) is 2.51.